The summed E-state index contributed by atoms with van der Waals surface area (Å²) in [6.45, 7) is 5.43. The number of pyridine rings is 1. The third kappa shape index (κ3) is 5.09. The Kier molecular flexibility index (Phi) is 6.04. The summed E-state index contributed by atoms with van der Waals surface area (Å²) < 4.78 is 12.4. The molecule has 1 aliphatic rings. The van der Waals surface area contributed by atoms with Crippen molar-refractivity contribution in [2.75, 3.05) is 19.0 Å². The summed E-state index contributed by atoms with van der Waals surface area (Å²) in [5, 5.41) is 2.90. The molecule has 0 atom stereocenters. The first kappa shape index (κ1) is 18.5. The lowest BCUT2D eigenvalue weighted by Crippen LogP contribution is -2.32. The van der Waals surface area contributed by atoms with E-state index in [0.717, 1.165) is 25.7 Å². The molecule has 0 spiro atoms. The molecule has 6 nitrogen and oxygen atoms in total. The van der Waals surface area contributed by atoms with E-state index in [1.807, 2.05) is 33.0 Å². The van der Waals surface area contributed by atoms with Gasteiger partial charge in [0.1, 0.15) is 17.8 Å². The van der Waals surface area contributed by atoms with Crippen molar-refractivity contribution in [3.63, 3.8) is 0 Å². The molecular weight excluding hydrogens is 308 g/mol. The normalized spacial score (nSPS) is 21.3. The summed E-state index contributed by atoms with van der Waals surface area (Å²) in [5.41, 5.74) is -0.200. The Morgan fingerprint density at radius 2 is 1.96 bits per heavy atom. The number of esters is 1. The van der Waals surface area contributed by atoms with E-state index in [1.165, 1.54) is 0 Å². The van der Waals surface area contributed by atoms with Crippen molar-refractivity contribution >= 4 is 11.7 Å². The van der Waals surface area contributed by atoms with Crippen LogP contribution in [0.5, 0.6) is 0 Å². The minimum absolute atomic E-state index is 0.0209. The van der Waals surface area contributed by atoms with Crippen LogP contribution in [-0.2, 0) is 14.3 Å². The maximum atomic E-state index is 12.6. The van der Waals surface area contributed by atoms with Gasteiger partial charge in [0, 0.05) is 19.3 Å². The van der Waals surface area contributed by atoms with Gasteiger partial charge in [0.25, 0.3) is 5.56 Å². The molecule has 24 heavy (non-hydrogen) atoms. The van der Waals surface area contributed by atoms with Gasteiger partial charge in [-0.1, -0.05) is 0 Å². The summed E-state index contributed by atoms with van der Waals surface area (Å²) in [6.07, 6.45) is 5.89. The van der Waals surface area contributed by atoms with Gasteiger partial charge < -0.3 is 19.4 Å². The van der Waals surface area contributed by atoms with Crippen LogP contribution in [0.25, 0.3) is 0 Å². The van der Waals surface area contributed by atoms with Crippen molar-refractivity contribution in [1.29, 1.82) is 0 Å². The summed E-state index contributed by atoms with van der Waals surface area (Å²) in [4.78, 5) is 24.4. The maximum Gasteiger partial charge on any atom is 0.325 e. The van der Waals surface area contributed by atoms with Crippen LogP contribution in [0.3, 0.4) is 0 Å². The Balaban J connectivity index is 2.01. The van der Waals surface area contributed by atoms with Crippen molar-refractivity contribution in [1.82, 2.24) is 4.57 Å². The van der Waals surface area contributed by atoms with Crippen LogP contribution in [0.2, 0.25) is 0 Å². The number of ether oxygens (including phenoxy) is 2. The van der Waals surface area contributed by atoms with Gasteiger partial charge in [0.05, 0.1) is 6.10 Å². The fourth-order valence-electron chi connectivity index (χ4n) is 3.04. The molecule has 1 aliphatic carbocycles. The number of hydrogen-bond donors (Lipinski definition) is 1. The quantitative estimate of drug-likeness (QED) is 0.837. The number of anilines is 1. The van der Waals surface area contributed by atoms with E-state index < -0.39 is 5.60 Å². The van der Waals surface area contributed by atoms with Gasteiger partial charge in [0.2, 0.25) is 0 Å². The zero-order valence-electron chi connectivity index (χ0n) is 15.0. The Bertz CT molecular complexity index is 610. The van der Waals surface area contributed by atoms with Crippen molar-refractivity contribution in [2.24, 2.45) is 0 Å². The van der Waals surface area contributed by atoms with Gasteiger partial charge in [-0.3, -0.25) is 9.59 Å². The molecule has 0 unspecified atom stereocenters. The average Bonchev–Trinajstić information content (AvgIpc) is 2.52. The predicted molar refractivity (Wildman–Crippen MR) is 93.3 cm³/mol. The van der Waals surface area contributed by atoms with E-state index >= 15 is 0 Å². The lowest BCUT2D eigenvalue weighted by molar-refractivity contribution is -0.152. The smallest absolute Gasteiger partial charge is 0.325 e. The molecule has 2 rings (SSSR count). The molecule has 1 fully saturated rings. The molecule has 0 bridgehead atoms. The summed E-state index contributed by atoms with van der Waals surface area (Å²) >= 11 is 0. The number of nitrogens with zero attached hydrogens (tertiary/aromatic N) is 1. The Morgan fingerprint density at radius 3 is 2.54 bits per heavy atom. The summed E-state index contributed by atoms with van der Waals surface area (Å²) in [6, 6.07) is 3.72. The number of rotatable bonds is 5. The van der Waals surface area contributed by atoms with Crippen LogP contribution in [0.4, 0.5) is 5.69 Å². The van der Waals surface area contributed by atoms with Crippen molar-refractivity contribution < 1.29 is 14.3 Å². The minimum Gasteiger partial charge on any atom is -0.459 e. The lowest BCUT2D eigenvalue weighted by atomic mass is 9.92. The highest BCUT2D eigenvalue weighted by atomic mass is 16.6. The molecular formula is C18H28N2O4. The van der Waals surface area contributed by atoms with Gasteiger partial charge in [0.15, 0.2) is 0 Å². The number of hydrogen-bond acceptors (Lipinski definition) is 5. The third-order valence-electron chi connectivity index (χ3n) is 4.19. The van der Waals surface area contributed by atoms with Gasteiger partial charge in [-0.2, -0.15) is 0 Å². The molecule has 0 saturated heterocycles. The summed E-state index contributed by atoms with van der Waals surface area (Å²) in [5.74, 6) is -0.377. The largest absolute Gasteiger partial charge is 0.459 e. The molecule has 6 heteroatoms. The molecule has 1 aromatic heterocycles. The number of methoxy groups -OCH3 is 1. The molecule has 1 N–H and O–H groups in total. The third-order valence-corrected chi connectivity index (χ3v) is 4.19. The van der Waals surface area contributed by atoms with Gasteiger partial charge in [-0.05, 0) is 58.6 Å². The number of nitrogens with one attached hydrogen (secondary N) is 1. The molecule has 1 heterocycles. The fourth-order valence-corrected chi connectivity index (χ4v) is 3.04. The van der Waals surface area contributed by atoms with E-state index in [1.54, 1.807) is 17.7 Å². The van der Waals surface area contributed by atoms with E-state index in [-0.39, 0.29) is 24.1 Å². The molecule has 0 radical (unpaired) electrons. The van der Waals surface area contributed by atoms with E-state index in [4.69, 9.17) is 9.47 Å². The zero-order chi connectivity index (χ0) is 17.7. The topological polar surface area (TPSA) is 69.6 Å². The van der Waals surface area contributed by atoms with Crippen LogP contribution in [0.15, 0.2) is 23.1 Å². The number of carbonyl (C=O) groups excluding carboxylic acids is 1. The van der Waals surface area contributed by atoms with Crippen LogP contribution < -0.4 is 10.9 Å². The molecule has 1 saturated carbocycles. The standard InChI is InChI=1S/C18H28N2O4/c1-18(2,3)24-16(21)12-19-15-6-5-11-20(17(15)22)13-7-9-14(23-4)10-8-13/h5-6,11,13-14,19H,7-10,12H2,1-4H3/t13-,14+. The van der Waals surface area contributed by atoms with Crippen LogP contribution >= 0.6 is 0 Å². The minimum atomic E-state index is -0.532. The predicted octanol–water partition coefficient (Wildman–Crippen LogP) is 2.73. The first-order valence-electron chi connectivity index (χ1n) is 8.50. The van der Waals surface area contributed by atoms with Crippen LogP contribution in [-0.4, -0.2) is 35.9 Å². The lowest BCUT2D eigenvalue weighted by Gasteiger charge is -2.29. The Hall–Kier alpha value is -1.82. The molecule has 0 amide bonds. The molecule has 134 valence electrons. The van der Waals surface area contributed by atoms with E-state index in [9.17, 15) is 9.59 Å². The monoisotopic (exact) mass is 336 g/mol. The Morgan fingerprint density at radius 1 is 1.29 bits per heavy atom. The first-order valence-corrected chi connectivity index (χ1v) is 8.50. The van der Waals surface area contributed by atoms with Crippen molar-refractivity contribution in [2.45, 2.75) is 64.2 Å². The van der Waals surface area contributed by atoms with Crippen LogP contribution in [0.1, 0.15) is 52.5 Å². The van der Waals surface area contributed by atoms with Gasteiger partial charge in [-0.15, -0.1) is 0 Å². The highest BCUT2D eigenvalue weighted by molar-refractivity contribution is 5.75. The molecule has 0 aliphatic heterocycles. The SMILES string of the molecule is CO[C@H]1CC[C@@H](n2cccc(NCC(=O)OC(C)(C)C)c2=O)CC1. The second kappa shape index (κ2) is 7.83. The van der Waals surface area contributed by atoms with Crippen molar-refractivity contribution in [3.05, 3.63) is 28.7 Å². The maximum absolute atomic E-state index is 12.6. The fraction of sp³-hybridized carbons (Fsp3) is 0.667. The molecule has 0 aromatic carbocycles. The average molecular weight is 336 g/mol. The Labute approximate surface area is 143 Å². The number of carbonyl (C=O) groups is 1. The number of aromatic nitrogens is 1. The van der Waals surface area contributed by atoms with Gasteiger partial charge >= 0.3 is 5.97 Å². The zero-order valence-corrected chi connectivity index (χ0v) is 15.0. The summed E-state index contributed by atoms with van der Waals surface area (Å²) in [7, 11) is 1.73. The first-order chi connectivity index (χ1) is 11.3. The highest BCUT2D eigenvalue weighted by Gasteiger charge is 2.23. The van der Waals surface area contributed by atoms with Crippen molar-refractivity contribution in [3.8, 4) is 0 Å². The second-order valence-electron chi connectivity index (χ2n) is 7.24. The highest BCUT2D eigenvalue weighted by Crippen LogP contribution is 2.28. The van der Waals surface area contributed by atoms with Crippen LogP contribution in [0, 0.1) is 0 Å². The second-order valence-corrected chi connectivity index (χ2v) is 7.24. The van der Waals surface area contributed by atoms with E-state index in [0.29, 0.717) is 11.8 Å². The van der Waals surface area contributed by atoms with Gasteiger partial charge in [-0.25, -0.2) is 0 Å². The molecule has 1 aromatic rings. The van der Waals surface area contributed by atoms with E-state index in [2.05, 4.69) is 5.32 Å².